The Bertz CT molecular complexity index is 202. The molecule has 0 aromatic carbocycles. The van der Waals surface area contributed by atoms with Gasteiger partial charge in [-0.15, -0.1) is 0 Å². The summed E-state index contributed by atoms with van der Waals surface area (Å²) < 4.78 is 5.31. The van der Waals surface area contributed by atoms with Crippen molar-refractivity contribution in [3.8, 4) is 0 Å². The van der Waals surface area contributed by atoms with Crippen molar-refractivity contribution >= 4 is 0 Å². The summed E-state index contributed by atoms with van der Waals surface area (Å²) in [7, 11) is 1.78. The van der Waals surface area contributed by atoms with E-state index in [2.05, 4.69) is 37.9 Å². The zero-order valence-corrected chi connectivity index (χ0v) is 10.9. The molecule has 0 aliphatic carbocycles. The van der Waals surface area contributed by atoms with Crippen LogP contribution in [0.15, 0.2) is 0 Å². The minimum absolute atomic E-state index is 0.137. The number of ether oxygens (including phenoxy) is 1. The highest BCUT2D eigenvalue weighted by Crippen LogP contribution is 2.20. The number of methoxy groups -OCH3 is 1. The van der Waals surface area contributed by atoms with E-state index in [1.807, 2.05) is 0 Å². The lowest BCUT2D eigenvalue weighted by Crippen LogP contribution is -2.54. The van der Waals surface area contributed by atoms with Crippen molar-refractivity contribution in [2.75, 3.05) is 33.4 Å². The van der Waals surface area contributed by atoms with E-state index in [4.69, 9.17) is 4.74 Å². The third kappa shape index (κ3) is 3.74. The van der Waals surface area contributed by atoms with Crippen LogP contribution >= 0.6 is 0 Å². The zero-order chi connectivity index (χ0) is 11.5. The van der Waals surface area contributed by atoms with Crippen molar-refractivity contribution in [2.45, 2.75) is 45.2 Å². The molecule has 1 fully saturated rings. The maximum absolute atomic E-state index is 5.31. The molecule has 90 valence electrons. The lowest BCUT2D eigenvalue weighted by atomic mass is 9.99. The molecule has 1 aliphatic heterocycles. The summed E-state index contributed by atoms with van der Waals surface area (Å²) in [6.07, 6.45) is 1.22. The highest BCUT2D eigenvalue weighted by Gasteiger charge is 2.32. The van der Waals surface area contributed by atoms with E-state index in [9.17, 15) is 0 Å². The van der Waals surface area contributed by atoms with Gasteiger partial charge in [0.25, 0.3) is 0 Å². The highest BCUT2D eigenvalue weighted by molar-refractivity contribution is 4.91. The van der Waals surface area contributed by atoms with Crippen LogP contribution in [0, 0.1) is 0 Å². The first-order valence-electron chi connectivity index (χ1n) is 5.86. The van der Waals surface area contributed by atoms with Crippen LogP contribution in [0.2, 0.25) is 0 Å². The Kier molecular flexibility index (Phi) is 4.15. The Morgan fingerprint density at radius 2 is 2.07 bits per heavy atom. The lowest BCUT2D eigenvalue weighted by molar-refractivity contribution is 0.0259. The molecule has 1 heterocycles. The first-order valence-corrected chi connectivity index (χ1v) is 5.86. The van der Waals surface area contributed by atoms with Gasteiger partial charge in [-0.05, 0) is 40.7 Å². The van der Waals surface area contributed by atoms with Gasteiger partial charge in [-0.25, -0.2) is 0 Å². The molecule has 0 aromatic heterocycles. The molecule has 0 bridgehead atoms. The van der Waals surface area contributed by atoms with Crippen molar-refractivity contribution in [1.82, 2.24) is 10.2 Å². The molecule has 1 aliphatic rings. The van der Waals surface area contributed by atoms with E-state index in [0.717, 1.165) is 26.2 Å². The van der Waals surface area contributed by atoms with Gasteiger partial charge in [-0.3, -0.25) is 4.90 Å². The second-order valence-corrected chi connectivity index (χ2v) is 5.83. The van der Waals surface area contributed by atoms with Crippen LogP contribution in [0.25, 0.3) is 0 Å². The summed E-state index contributed by atoms with van der Waals surface area (Å²) in [5, 5.41) is 3.58. The van der Waals surface area contributed by atoms with Crippen LogP contribution in [-0.4, -0.2) is 49.3 Å². The molecule has 0 spiro atoms. The van der Waals surface area contributed by atoms with Gasteiger partial charge >= 0.3 is 0 Å². The summed E-state index contributed by atoms with van der Waals surface area (Å²) in [6, 6.07) is 0. The average Bonchev–Trinajstić information content (AvgIpc) is 2.26. The van der Waals surface area contributed by atoms with E-state index < -0.39 is 0 Å². The molecule has 1 saturated heterocycles. The molecule has 3 nitrogen and oxygen atoms in total. The molecule has 0 amide bonds. The Balaban J connectivity index is 2.67. The average molecular weight is 214 g/mol. The van der Waals surface area contributed by atoms with Gasteiger partial charge < -0.3 is 10.1 Å². The SMILES string of the molecule is COCC(C)(C)N1CCCNC(C)(C)C1. The zero-order valence-electron chi connectivity index (χ0n) is 10.9. The number of nitrogens with one attached hydrogen (secondary N) is 1. The topological polar surface area (TPSA) is 24.5 Å². The Morgan fingerprint density at radius 1 is 1.40 bits per heavy atom. The molecule has 0 atom stereocenters. The van der Waals surface area contributed by atoms with Crippen LogP contribution in [0.5, 0.6) is 0 Å². The van der Waals surface area contributed by atoms with Gasteiger partial charge in [0.15, 0.2) is 0 Å². The second kappa shape index (κ2) is 4.81. The predicted molar refractivity (Wildman–Crippen MR) is 64.2 cm³/mol. The summed E-state index contributed by atoms with van der Waals surface area (Å²) >= 11 is 0. The monoisotopic (exact) mass is 214 g/mol. The fraction of sp³-hybridized carbons (Fsp3) is 1.00. The normalized spacial score (nSPS) is 23.8. The predicted octanol–water partition coefficient (Wildman–Crippen LogP) is 1.49. The van der Waals surface area contributed by atoms with E-state index in [1.54, 1.807) is 7.11 Å². The maximum Gasteiger partial charge on any atom is 0.0641 e. The van der Waals surface area contributed by atoms with Gasteiger partial charge in [0.2, 0.25) is 0 Å². The third-order valence-corrected chi connectivity index (χ3v) is 3.15. The third-order valence-electron chi connectivity index (χ3n) is 3.15. The Labute approximate surface area is 94.2 Å². The first kappa shape index (κ1) is 12.9. The summed E-state index contributed by atoms with van der Waals surface area (Å²) in [5.74, 6) is 0. The molecule has 1 rings (SSSR count). The van der Waals surface area contributed by atoms with Gasteiger partial charge in [0.05, 0.1) is 6.61 Å². The fourth-order valence-electron chi connectivity index (χ4n) is 2.27. The van der Waals surface area contributed by atoms with E-state index in [1.165, 1.54) is 6.42 Å². The standard InChI is InChI=1S/C12H26N2O/c1-11(2)9-14(8-6-7-13-11)12(3,4)10-15-5/h13H,6-10H2,1-5H3. The molecule has 0 unspecified atom stereocenters. The maximum atomic E-state index is 5.31. The van der Waals surface area contributed by atoms with Crippen LogP contribution < -0.4 is 5.32 Å². The van der Waals surface area contributed by atoms with E-state index in [0.29, 0.717) is 0 Å². The Morgan fingerprint density at radius 3 is 2.67 bits per heavy atom. The van der Waals surface area contributed by atoms with Crippen molar-refractivity contribution in [3.63, 3.8) is 0 Å². The lowest BCUT2D eigenvalue weighted by Gasteiger charge is -2.40. The summed E-state index contributed by atoms with van der Waals surface area (Å²) in [4.78, 5) is 2.54. The van der Waals surface area contributed by atoms with Crippen LogP contribution in [0.3, 0.4) is 0 Å². The van der Waals surface area contributed by atoms with E-state index >= 15 is 0 Å². The summed E-state index contributed by atoms with van der Waals surface area (Å²) in [6.45, 7) is 13.2. The van der Waals surface area contributed by atoms with Crippen molar-refractivity contribution in [1.29, 1.82) is 0 Å². The number of hydrogen-bond acceptors (Lipinski definition) is 3. The Hall–Kier alpha value is -0.120. The summed E-state index contributed by atoms with van der Waals surface area (Å²) in [5.41, 5.74) is 0.347. The molecule has 3 heteroatoms. The molecule has 0 radical (unpaired) electrons. The fourth-order valence-corrected chi connectivity index (χ4v) is 2.27. The highest BCUT2D eigenvalue weighted by atomic mass is 16.5. The minimum atomic E-state index is 0.137. The van der Waals surface area contributed by atoms with Crippen molar-refractivity contribution in [3.05, 3.63) is 0 Å². The first-order chi connectivity index (χ1) is 6.87. The molecule has 0 aromatic rings. The van der Waals surface area contributed by atoms with Crippen LogP contribution in [0.4, 0.5) is 0 Å². The number of hydrogen-bond donors (Lipinski definition) is 1. The molecule has 0 saturated carbocycles. The van der Waals surface area contributed by atoms with Crippen molar-refractivity contribution in [2.24, 2.45) is 0 Å². The van der Waals surface area contributed by atoms with Crippen molar-refractivity contribution < 1.29 is 4.74 Å². The minimum Gasteiger partial charge on any atom is -0.383 e. The molecule has 1 N–H and O–H groups in total. The second-order valence-electron chi connectivity index (χ2n) is 5.83. The number of nitrogens with zero attached hydrogens (tertiary/aromatic N) is 1. The van der Waals surface area contributed by atoms with E-state index in [-0.39, 0.29) is 11.1 Å². The van der Waals surface area contributed by atoms with Gasteiger partial charge in [0, 0.05) is 31.3 Å². The molecular formula is C12H26N2O. The molecular weight excluding hydrogens is 188 g/mol. The van der Waals surface area contributed by atoms with Crippen LogP contribution in [-0.2, 0) is 4.74 Å². The van der Waals surface area contributed by atoms with Gasteiger partial charge in [-0.2, -0.15) is 0 Å². The number of rotatable bonds is 3. The largest absolute Gasteiger partial charge is 0.383 e. The van der Waals surface area contributed by atoms with Gasteiger partial charge in [0.1, 0.15) is 0 Å². The van der Waals surface area contributed by atoms with Gasteiger partial charge in [-0.1, -0.05) is 0 Å². The molecule has 15 heavy (non-hydrogen) atoms. The van der Waals surface area contributed by atoms with Crippen LogP contribution in [0.1, 0.15) is 34.1 Å². The smallest absolute Gasteiger partial charge is 0.0641 e. The quantitative estimate of drug-likeness (QED) is 0.770.